The molecule has 26 heavy (non-hydrogen) atoms. The maximum absolute atomic E-state index is 12.0. The molecule has 0 fully saturated rings. The molecule has 4 nitrogen and oxygen atoms in total. The van der Waals surface area contributed by atoms with Crippen LogP contribution in [0.4, 0.5) is 5.13 Å². The highest BCUT2D eigenvalue weighted by Crippen LogP contribution is 2.32. The van der Waals surface area contributed by atoms with Gasteiger partial charge in [-0.3, -0.25) is 10.1 Å². The molecule has 134 valence electrons. The Labute approximate surface area is 173 Å². The molecule has 1 amide bonds. The molecule has 0 radical (unpaired) electrons. The number of hydrogen-bond donors (Lipinski definition) is 1. The zero-order valence-electron chi connectivity index (χ0n) is 12.9. The Kier molecular flexibility index (Phi) is 6.27. The largest absolute Gasteiger partial charge is 0.482 e. The zero-order chi connectivity index (χ0) is 18.7. The molecule has 3 rings (SSSR count). The number of nitrogens with one attached hydrogen (secondary N) is 1. The number of amides is 1. The summed E-state index contributed by atoms with van der Waals surface area (Å²) in [7, 11) is 0. The van der Waals surface area contributed by atoms with E-state index in [1.807, 2.05) is 0 Å². The lowest BCUT2D eigenvalue weighted by molar-refractivity contribution is -0.118. The minimum atomic E-state index is -0.362. The van der Waals surface area contributed by atoms with Crippen LogP contribution in [0.2, 0.25) is 20.1 Å². The van der Waals surface area contributed by atoms with Crippen molar-refractivity contribution < 1.29 is 9.53 Å². The maximum atomic E-state index is 12.0. The third-order valence-corrected chi connectivity index (χ3v) is 5.05. The van der Waals surface area contributed by atoms with Gasteiger partial charge < -0.3 is 4.74 Å². The minimum Gasteiger partial charge on any atom is -0.482 e. The molecular formula is C17H10Cl4N2O2S. The van der Waals surface area contributed by atoms with E-state index in [1.165, 1.54) is 11.3 Å². The van der Waals surface area contributed by atoms with Gasteiger partial charge in [0.15, 0.2) is 11.7 Å². The first kappa shape index (κ1) is 19.3. The van der Waals surface area contributed by atoms with Crippen LogP contribution in [-0.4, -0.2) is 17.5 Å². The summed E-state index contributed by atoms with van der Waals surface area (Å²) in [6, 6.07) is 9.91. The van der Waals surface area contributed by atoms with E-state index in [0.29, 0.717) is 36.7 Å². The molecule has 0 aliphatic carbocycles. The second kappa shape index (κ2) is 8.46. The normalized spacial score (nSPS) is 10.6. The Morgan fingerprint density at radius 1 is 1.04 bits per heavy atom. The molecule has 1 N–H and O–H groups in total. The average molecular weight is 448 g/mol. The van der Waals surface area contributed by atoms with Gasteiger partial charge in [-0.15, -0.1) is 11.3 Å². The molecule has 1 aromatic heterocycles. The fourth-order valence-corrected chi connectivity index (χ4v) is 3.74. The minimum absolute atomic E-state index is 0.210. The summed E-state index contributed by atoms with van der Waals surface area (Å²) in [5.74, 6) is 0.0121. The summed E-state index contributed by atoms with van der Waals surface area (Å²) in [5.41, 5.74) is 1.38. The van der Waals surface area contributed by atoms with Gasteiger partial charge in [-0.2, -0.15) is 0 Å². The van der Waals surface area contributed by atoms with Gasteiger partial charge in [0, 0.05) is 21.0 Å². The number of carbonyl (C=O) groups is 1. The SMILES string of the molecule is O=C(COc1ccc(Cl)cc1Cl)Nc1nc(-c2ccc(Cl)cc2Cl)cs1. The van der Waals surface area contributed by atoms with Gasteiger partial charge in [0.2, 0.25) is 0 Å². The van der Waals surface area contributed by atoms with Crippen LogP contribution in [0.1, 0.15) is 0 Å². The molecule has 0 saturated heterocycles. The number of benzene rings is 2. The molecule has 0 spiro atoms. The van der Waals surface area contributed by atoms with Crippen LogP contribution in [0, 0.1) is 0 Å². The van der Waals surface area contributed by atoms with Gasteiger partial charge in [-0.25, -0.2) is 4.98 Å². The number of nitrogens with zero attached hydrogens (tertiary/aromatic N) is 1. The molecule has 0 saturated carbocycles. The van der Waals surface area contributed by atoms with E-state index in [-0.39, 0.29) is 12.5 Å². The van der Waals surface area contributed by atoms with E-state index in [0.717, 1.165) is 5.56 Å². The number of thiazole rings is 1. The van der Waals surface area contributed by atoms with E-state index in [1.54, 1.807) is 41.8 Å². The molecule has 1 heterocycles. The van der Waals surface area contributed by atoms with Crippen molar-refractivity contribution in [3.63, 3.8) is 0 Å². The van der Waals surface area contributed by atoms with Gasteiger partial charge in [-0.1, -0.05) is 46.4 Å². The van der Waals surface area contributed by atoms with E-state index in [2.05, 4.69) is 10.3 Å². The van der Waals surface area contributed by atoms with Gasteiger partial charge in [0.1, 0.15) is 5.75 Å². The molecule has 0 unspecified atom stereocenters. The Bertz CT molecular complexity index is 962. The van der Waals surface area contributed by atoms with E-state index in [9.17, 15) is 4.79 Å². The van der Waals surface area contributed by atoms with Crippen LogP contribution in [0.25, 0.3) is 11.3 Å². The molecule has 0 aliphatic rings. The summed E-state index contributed by atoms with van der Waals surface area (Å²) in [6.07, 6.45) is 0. The summed E-state index contributed by atoms with van der Waals surface area (Å²) in [5, 5.41) is 6.75. The lowest BCUT2D eigenvalue weighted by Gasteiger charge is -2.07. The summed E-state index contributed by atoms with van der Waals surface area (Å²) in [6.45, 7) is -0.210. The van der Waals surface area contributed by atoms with Crippen LogP contribution >= 0.6 is 57.7 Å². The molecule has 0 bridgehead atoms. The smallest absolute Gasteiger partial charge is 0.264 e. The zero-order valence-corrected chi connectivity index (χ0v) is 16.8. The fourth-order valence-electron chi connectivity index (χ4n) is 2.04. The Morgan fingerprint density at radius 2 is 1.73 bits per heavy atom. The van der Waals surface area contributed by atoms with E-state index >= 15 is 0 Å². The molecule has 3 aromatic rings. The number of aromatic nitrogens is 1. The Morgan fingerprint density at radius 3 is 2.42 bits per heavy atom. The lowest BCUT2D eigenvalue weighted by Crippen LogP contribution is -2.20. The number of ether oxygens (including phenoxy) is 1. The van der Waals surface area contributed by atoms with Crippen LogP contribution in [-0.2, 0) is 4.79 Å². The predicted octanol–water partition coefficient (Wildman–Crippen LogP) is 6.44. The highest BCUT2D eigenvalue weighted by atomic mass is 35.5. The van der Waals surface area contributed by atoms with Gasteiger partial charge in [-0.05, 0) is 36.4 Å². The Balaban J connectivity index is 1.62. The maximum Gasteiger partial charge on any atom is 0.264 e. The van der Waals surface area contributed by atoms with Crippen molar-refractivity contribution in [3.05, 3.63) is 61.9 Å². The van der Waals surface area contributed by atoms with Crippen molar-refractivity contribution in [1.82, 2.24) is 4.98 Å². The van der Waals surface area contributed by atoms with Crippen LogP contribution in [0.15, 0.2) is 41.8 Å². The topological polar surface area (TPSA) is 51.2 Å². The van der Waals surface area contributed by atoms with Crippen LogP contribution < -0.4 is 10.1 Å². The quantitative estimate of drug-likeness (QED) is 0.489. The monoisotopic (exact) mass is 446 g/mol. The first-order valence-electron chi connectivity index (χ1n) is 7.21. The number of carbonyl (C=O) groups excluding carboxylic acids is 1. The van der Waals surface area contributed by atoms with Gasteiger partial charge >= 0.3 is 0 Å². The first-order chi connectivity index (χ1) is 12.4. The van der Waals surface area contributed by atoms with Gasteiger partial charge in [0.05, 0.1) is 15.7 Å². The van der Waals surface area contributed by atoms with Crippen molar-refractivity contribution in [2.75, 3.05) is 11.9 Å². The number of rotatable bonds is 5. The first-order valence-corrected chi connectivity index (χ1v) is 9.60. The second-order valence-corrected chi connectivity index (χ2v) is 7.62. The van der Waals surface area contributed by atoms with Gasteiger partial charge in [0.25, 0.3) is 5.91 Å². The van der Waals surface area contributed by atoms with Crippen LogP contribution in [0.5, 0.6) is 5.75 Å². The van der Waals surface area contributed by atoms with E-state index in [4.69, 9.17) is 51.1 Å². The number of halogens is 4. The molecule has 9 heteroatoms. The standard InChI is InChI=1S/C17H10Cl4N2O2S/c18-9-1-3-11(12(20)5-9)14-8-26-17(22-14)23-16(24)7-25-15-4-2-10(19)6-13(15)21/h1-6,8H,7H2,(H,22,23,24). The molecule has 2 aromatic carbocycles. The Hall–Kier alpha value is -1.50. The summed E-state index contributed by atoms with van der Waals surface area (Å²) < 4.78 is 5.39. The second-order valence-electron chi connectivity index (χ2n) is 5.07. The summed E-state index contributed by atoms with van der Waals surface area (Å²) >= 11 is 25.2. The summed E-state index contributed by atoms with van der Waals surface area (Å²) in [4.78, 5) is 16.4. The van der Waals surface area contributed by atoms with Crippen molar-refractivity contribution >= 4 is 68.8 Å². The fraction of sp³-hybridized carbons (Fsp3) is 0.0588. The average Bonchev–Trinajstić information content (AvgIpc) is 3.02. The number of hydrogen-bond acceptors (Lipinski definition) is 4. The third-order valence-electron chi connectivity index (χ3n) is 3.21. The third kappa shape index (κ3) is 4.81. The van der Waals surface area contributed by atoms with Crippen molar-refractivity contribution in [1.29, 1.82) is 0 Å². The molecule has 0 aliphatic heterocycles. The lowest BCUT2D eigenvalue weighted by atomic mass is 10.2. The van der Waals surface area contributed by atoms with Crippen molar-refractivity contribution in [2.45, 2.75) is 0 Å². The predicted molar refractivity (Wildman–Crippen MR) is 108 cm³/mol. The van der Waals surface area contributed by atoms with E-state index < -0.39 is 0 Å². The molecular weight excluding hydrogens is 438 g/mol. The van der Waals surface area contributed by atoms with Crippen molar-refractivity contribution in [3.8, 4) is 17.0 Å². The van der Waals surface area contributed by atoms with Crippen molar-refractivity contribution in [2.24, 2.45) is 0 Å². The highest BCUT2D eigenvalue weighted by molar-refractivity contribution is 7.14. The van der Waals surface area contributed by atoms with Crippen LogP contribution in [0.3, 0.4) is 0 Å². The number of anilines is 1. The molecule has 0 atom stereocenters. The highest BCUT2D eigenvalue weighted by Gasteiger charge is 2.12.